The number of hydrogen-bond acceptors (Lipinski definition) is 4. The van der Waals surface area contributed by atoms with Crippen LogP contribution in [0.5, 0.6) is 5.75 Å². The van der Waals surface area contributed by atoms with Crippen molar-refractivity contribution in [3.05, 3.63) is 28.3 Å². The molecule has 0 fully saturated rings. The van der Waals surface area contributed by atoms with Gasteiger partial charge in [0.2, 0.25) is 0 Å². The van der Waals surface area contributed by atoms with E-state index in [0.29, 0.717) is 18.1 Å². The van der Waals surface area contributed by atoms with Crippen molar-refractivity contribution >= 4 is 17.6 Å². The maximum absolute atomic E-state index is 11.9. The normalized spacial score (nSPS) is 15.4. The van der Waals surface area contributed by atoms with E-state index in [2.05, 4.69) is 0 Å². The summed E-state index contributed by atoms with van der Waals surface area (Å²) in [4.78, 5) is 11.9. The minimum absolute atomic E-state index is 0.359. The summed E-state index contributed by atoms with van der Waals surface area (Å²) in [6.07, 6.45) is 1.20. The van der Waals surface area contributed by atoms with Crippen LogP contribution < -0.4 is 10.5 Å². The zero-order chi connectivity index (χ0) is 14.9. The van der Waals surface area contributed by atoms with Gasteiger partial charge in [-0.25, -0.2) is 0 Å². The summed E-state index contributed by atoms with van der Waals surface area (Å²) in [7, 11) is 0. The maximum atomic E-state index is 11.9. The molecule has 1 aromatic carbocycles. The third-order valence-electron chi connectivity index (χ3n) is 2.97. The second-order valence-electron chi connectivity index (χ2n) is 6.00. The molecule has 1 aliphatic heterocycles. The van der Waals surface area contributed by atoms with Gasteiger partial charge >= 0.3 is 5.97 Å². The summed E-state index contributed by atoms with van der Waals surface area (Å²) in [5.74, 6) is 0.401. The van der Waals surface area contributed by atoms with Crippen molar-refractivity contribution in [1.29, 1.82) is 0 Å². The molecule has 1 unspecified atom stereocenters. The van der Waals surface area contributed by atoms with Gasteiger partial charge in [0, 0.05) is 17.9 Å². The molecule has 1 aliphatic rings. The highest BCUT2D eigenvalue weighted by molar-refractivity contribution is 6.30. The van der Waals surface area contributed by atoms with Crippen LogP contribution in [0.1, 0.15) is 31.9 Å². The van der Waals surface area contributed by atoms with Crippen molar-refractivity contribution in [1.82, 2.24) is 0 Å². The van der Waals surface area contributed by atoms with Gasteiger partial charge in [0.1, 0.15) is 17.4 Å². The van der Waals surface area contributed by atoms with E-state index in [0.717, 1.165) is 23.3 Å². The molecule has 0 saturated carbocycles. The lowest BCUT2D eigenvalue weighted by atomic mass is 10.0. The molecule has 110 valence electrons. The van der Waals surface area contributed by atoms with Crippen molar-refractivity contribution in [2.24, 2.45) is 5.73 Å². The summed E-state index contributed by atoms with van der Waals surface area (Å²) < 4.78 is 10.9. The van der Waals surface area contributed by atoms with Crippen LogP contribution >= 0.6 is 11.6 Å². The van der Waals surface area contributed by atoms with Crippen molar-refractivity contribution in [3.63, 3.8) is 0 Å². The first kappa shape index (κ1) is 15.1. The van der Waals surface area contributed by atoms with Crippen LogP contribution in [0, 0.1) is 0 Å². The molecule has 4 nitrogen and oxygen atoms in total. The first-order valence-electron chi connectivity index (χ1n) is 6.69. The molecule has 1 aromatic rings. The first-order valence-corrected chi connectivity index (χ1v) is 7.06. The molecular weight excluding hydrogens is 278 g/mol. The van der Waals surface area contributed by atoms with E-state index in [1.165, 1.54) is 0 Å². The lowest BCUT2D eigenvalue weighted by molar-refractivity contribution is -0.156. The third-order valence-corrected chi connectivity index (χ3v) is 3.19. The predicted molar refractivity (Wildman–Crippen MR) is 78.2 cm³/mol. The molecule has 0 radical (unpaired) electrons. The molecule has 1 heterocycles. The summed E-state index contributed by atoms with van der Waals surface area (Å²) in [5.41, 5.74) is 7.32. The average molecular weight is 298 g/mol. The average Bonchev–Trinajstić information content (AvgIpc) is 2.74. The second kappa shape index (κ2) is 5.62. The Hall–Kier alpha value is -1.26. The molecule has 5 heteroatoms. The van der Waals surface area contributed by atoms with Crippen molar-refractivity contribution < 1.29 is 14.3 Å². The molecular formula is C15H20ClNO3. The topological polar surface area (TPSA) is 61.5 Å². The first-order chi connectivity index (χ1) is 9.26. The van der Waals surface area contributed by atoms with Crippen LogP contribution in [0.3, 0.4) is 0 Å². The lowest BCUT2D eigenvalue weighted by Crippen LogP contribution is -2.38. The van der Waals surface area contributed by atoms with E-state index < -0.39 is 17.6 Å². The number of fused-ring (bicyclic) bond motifs is 1. The molecule has 0 saturated heterocycles. The van der Waals surface area contributed by atoms with Crippen LogP contribution in [0.15, 0.2) is 12.1 Å². The molecule has 2 N–H and O–H groups in total. The second-order valence-corrected chi connectivity index (χ2v) is 6.43. The number of carbonyl (C=O) groups excluding carboxylic acids is 1. The molecule has 0 aliphatic carbocycles. The van der Waals surface area contributed by atoms with Crippen LogP contribution in [0.25, 0.3) is 0 Å². The largest absolute Gasteiger partial charge is 0.493 e. The summed E-state index contributed by atoms with van der Waals surface area (Å²) in [6, 6.07) is 2.98. The Morgan fingerprint density at radius 1 is 1.50 bits per heavy atom. The fourth-order valence-corrected chi connectivity index (χ4v) is 2.46. The Morgan fingerprint density at radius 3 is 2.85 bits per heavy atom. The Bertz CT molecular complexity index is 523. The quantitative estimate of drug-likeness (QED) is 0.871. The number of halogens is 1. The molecule has 0 aromatic heterocycles. The summed E-state index contributed by atoms with van der Waals surface area (Å²) in [5, 5.41) is 0.639. The Labute approximate surface area is 124 Å². The highest BCUT2D eigenvalue weighted by atomic mass is 35.5. The van der Waals surface area contributed by atoms with Gasteiger partial charge in [0.15, 0.2) is 0 Å². The number of hydrogen-bond donors (Lipinski definition) is 1. The van der Waals surface area contributed by atoms with E-state index in [1.807, 2.05) is 26.8 Å². The summed E-state index contributed by atoms with van der Waals surface area (Å²) >= 11 is 6.09. The number of rotatable bonds is 3. The van der Waals surface area contributed by atoms with Crippen molar-refractivity contribution in [2.45, 2.75) is 45.3 Å². The van der Waals surface area contributed by atoms with Gasteiger partial charge in [-0.05, 0) is 44.0 Å². The maximum Gasteiger partial charge on any atom is 0.323 e. The standard InChI is InChI=1S/C15H20ClNO3/c1-15(2,3)20-14(18)12(17)8-10-7-11(16)6-9-4-5-19-13(9)10/h6-7,12H,4-5,8,17H2,1-3H3. The fraction of sp³-hybridized carbons (Fsp3) is 0.533. The number of esters is 1. The van der Waals surface area contributed by atoms with Crippen LogP contribution in [-0.2, 0) is 22.4 Å². The van der Waals surface area contributed by atoms with Gasteiger partial charge in [-0.3, -0.25) is 4.79 Å². The third kappa shape index (κ3) is 3.64. The SMILES string of the molecule is CC(C)(C)OC(=O)C(N)Cc1cc(Cl)cc2c1OCC2. The Kier molecular flexibility index (Phi) is 4.25. The minimum atomic E-state index is -0.721. The summed E-state index contributed by atoms with van der Waals surface area (Å²) in [6.45, 7) is 6.10. The van der Waals surface area contributed by atoms with Crippen LogP contribution in [-0.4, -0.2) is 24.2 Å². The van der Waals surface area contributed by atoms with Gasteiger partial charge < -0.3 is 15.2 Å². The molecule has 0 bridgehead atoms. The number of carbonyl (C=O) groups is 1. The molecule has 1 atom stereocenters. The minimum Gasteiger partial charge on any atom is -0.493 e. The highest BCUT2D eigenvalue weighted by Gasteiger charge is 2.25. The Balaban J connectivity index is 2.12. The molecule has 2 rings (SSSR count). The van der Waals surface area contributed by atoms with Crippen LogP contribution in [0.2, 0.25) is 5.02 Å². The fourth-order valence-electron chi connectivity index (χ4n) is 2.20. The van der Waals surface area contributed by atoms with E-state index in [4.69, 9.17) is 26.8 Å². The smallest absolute Gasteiger partial charge is 0.323 e. The number of benzene rings is 1. The highest BCUT2D eigenvalue weighted by Crippen LogP contribution is 2.33. The van der Waals surface area contributed by atoms with Gasteiger partial charge in [0.25, 0.3) is 0 Å². The zero-order valence-corrected chi connectivity index (χ0v) is 12.8. The molecule has 0 spiro atoms. The monoisotopic (exact) mass is 297 g/mol. The van der Waals surface area contributed by atoms with E-state index in [9.17, 15) is 4.79 Å². The number of nitrogens with two attached hydrogens (primary N) is 1. The van der Waals surface area contributed by atoms with Crippen molar-refractivity contribution in [2.75, 3.05) is 6.61 Å². The van der Waals surface area contributed by atoms with E-state index >= 15 is 0 Å². The van der Waals surface area contributed by atoms with E-state index in [-0.39, 0.29) is 0 Å². The predicted octanol–water partition coefficient (Wildman–Crippen LogP) is 2.49. The number of ether oxygens (including phenoxy) is 2. The molecule has 0 amide bonds. The van der Waals surface area contributed by atoms with Gasteiger partial charge in [-0.2, -0.15) is 0 Å². The van der Waals surface area contributed by atoms with Gasteiger partial charge in [-0.15, -0.1) is 0 Å². The zero-order valence-electron chi connectivity index (χ0n) is 12.0. The lowest BCUT2D eigenvalue weighted by Gasteiger charge is -2.22. The van der Waals surface area contributed by atoms with Crippen molar-refractivity contribution in [3.8, 4) is 5.75 Å². The van der Waals surface area contributed by atoms with Gasteiger partial charge in [0.05, 0.1) is 6.61 Å². The van der Waals surface area contributed by atoms with Gasteiger partial charge in [-0.1, -0.05) is 11.6 Å². The molecule has 20 heavy (non-hydrogen) atoms. The Morgan fingerprint density at radius 2 is 2.20 bits per heavy atom. The van der Waals surface area contributed by atoms with E-state index in [1.54, 1.807) is 6.07 Å². The van der Waals surface area contributed by atoms with Crippen LogP contribution in [0.4, 0.5) is 0 Å².